The Kier molecular flexibility index (Phi) is 10.6. The summed E-state index contributed by atoms with van der Waals surface area (Å²) in [5, 5.41) is 36.0. The van der Waals surface area contributed by atoms with Gasteiger partial charge in [-0.25, -0.2) is 44.8 Å². The van der Waals surface area contributed by atoms with Crippen LogP contribution in [0.5, 0.6) is 0 Å². The summed E-state index contributed by atoms with van der Waals surface area (Å²) in [7, 11) is 0. The molecule has 0 aliphatic heterocycles. The molecule has 6 nitrogen and oxygen atoms in total. The van der Waals surface area contributed by atoms with Gasteiger partial charge in [0.15, 0.2) is 52.2 Å². The molecule has 0 aromatic heterocycles. The largest absolute Gasteiger partial charge is 0.417 e. The lowest BCUT2D eigenvalue weighted by Crippen LogP contribution is -2.28. The standard InChI is InChI=1S/C40H11F11N6/c1-16(28-33(43)31(41)27(15-55)32(42)34(28)44)23-10-25(20-5-17(12-52)4-18(6-20)13-53)26(11-24(23)21-7-19(14-54)8-22(9-21)56-2)30(40(49,50)51)29-35(45)37(47)39(57-3)38(48)36(29)46/h4-11H,1H3/b23-16+,30-26-. The summed E-state index contributed by atoms with van der Waals surface area (Å²) < 4.78 is 168. The summed E-state index contributed by atoms with van der Waals surface area (Å²) in [6.07, 6.45) is -6.01. The minimum atomic E-state index is -6.01. The fourth-order valence-electron chi connectivity index (χ4n) is 5.96. The number of nitrogens with zero attached hydrogens (tertiary/aromatic N) is 6. The second-order valence-corrected chi connectivity index (χ2v) is 11.7. The van der Waals surface area contributed by atoms with Gasteiger partial charge in [0.25, 0.3) is 5.69 Å². The zero-order chi connectivity index (χ0) is 42.3. The third-order valence-corrected chi connectivity index (χ3v) is 8.46. The van der Waals surface area contributed by atoms with Crippen molar-refractivity contribution in [3.8, 4) is 46.5 Å². The molecule has 0 unspecified atom stereocenters. The molecule has 0 aliphatic carbocycles. The summed E-state index contributed by atoms with van der Waals surface area (Å²) in [5.41, 5.74) is -15.1. The Bertz CT molecular complexity index is 2900. The van der Waals surface area contributed by atoms with Crippen molar-refractivity contribution in [1.29, 1.82) is 21.0 Å². The Hall–Kier alpha value is -7.99. The van der Waals surface area contributed by atoms with E-state index in [9.17, 15) is 33.3 Å². The quantitative estimate of drug-likeness (QED) is 0.103. The van der Waals surface area contributed by atoms with E-state index in [4.69, 9.17) is 18.4 Å². The van der Waals surface area contributed by atoms with Gasteiger partial charge in [0, 0.05) is 5.56 Å². The molecule has 5 rings (SSSR count). The molecule has 0 saturated heterocycles. The predicted molar refractivity (Wildman–Crippen MR) is 177 cm³/mol. The topological polar surface area (TPSA) is 104 Å². The lowest BCUT2D eigenvalue weighted by molar-refractivity contribution is -0.0699. The van der Waals surface area contributed by atoms with E-state index < -0.39 is 130 Å². The Morgan fingerprint density at radius 3 is 1.40 bits per heavy atom. The van der Waals surface area contributed by atoms with E-state index in [0.717, 1.165) is 49.4 Å². The zero-order valence-corrected chi connectivity index (χ0v) is 28.0. The highest BCUT2D eigenvalue weighted by atomic mass is 19.4. The molecule has 0 radical (unpaired) electrons. The molecular weight excluding hydrogens is 773 g/mol. The Balaban J connectivity index is 2.27. The van der Waals surface area contributed by atoms with E-state index >= 15 is 30.7 Å². The van der Waals surface area contributed by atoms with Crippen molar-refractivity contribution in [2.45, 2.75) is 13.1 Å². The number of rotatable bonds is 4. The van der Waals surface area contributed by atoms with Crippen LogP contribution in [0.2, 0.25) is 0 Å². The Labute approximate surface area is 313 Å². The normalized spacial score (nSPS) is 12.0. The van der Waals surface area contributed by atoms with Crippen LogP contribution in [0.15, 0.2) is 48.5 Å². The van der Waals surface area contributed by atoms with Gasteiger partial charge in [-0.3, -0.25) is 0 Å². The van der Waals surface area contributed by atoms with Crippen molar-refractivity contribution in [2.75, 3.05) is 0 Å². The van der Waals surface area contributed by atoms with Crippen LogP contribution in [0.3, 0.4) is 0 Å². The van der Waals surface area contributed by atoms with Gasteiger partial charge in [-0.15, -0.1) is 0 Å². The molecule has 0 saturated carbocycles. The second kappa shape index (κ2) is 15.0. The van der Waals surface area contributed by atoms with Gasteiger partial charge < -0.3 is 0 Å². The smallest absolute Gasteiger partial charge is 0.238 e. The van der Waals surface area contributed by atoms with Gasteiger partial charge in [-0.05, 0) is 93.7 Å². The van der Waals surface area contributed by atoms with Crippen LogP contribution in [0.1, 0.15) is 40.3 Å². The highest BCUT2D eigenvalue weighted by Crippen LogP contribution is 2.41. The van der Waals surface area contributed by atoms with Crippen LogP contribution in [0.25, 0.3) is 43.1 Å². The van der Waals surface area contributed by atoms with Gasteiger partial charge in [-0.2, -0.15) is 34.2 Å². The molecule has 0 aliphatic rings. The predicted octanol–water partition coefficient (Wildman–Crippen LogP) is 9.70. The molecule has 0 heterocycles. The lowest BCUT2D eigenvalue weighted by Gasteiger charge is -2.19. The summed E-state index contributed by atoms with van der Waals surface area (Å²) in [6, 6.07) is 12.4. The molecule has 278 valence electrons. The fourth-order valence-corrected chi connectivity index (χ4v) is 5.96. The molecular formula is C40H11F11N6. The third kappa shape index (κ3) is 6.83. The number of alkyl halides is 3. The highest BCUT2D eigenvalue weighted by Gasteiger charge is 2.42. The maximum absolute atomic E-state index is 15.6. The molecule has 57 heavy (non-hydrogen) atoms. The summed E-state index contributed by atoms with van der Waals surface area (Å²) in [6.45, 7) is 15.1. The van der Waals surface area contributed by atoms with Crippen LogP contribution in [0, 0.1) is 105 Å². The maximum Gasteiger partial charge on any atom is 0.417 e. The molecule has 17 heteroatoms. The summed E-state index contributed by atoms with van der Waals surface area (Å²) in [5.74, 6) is -19.1. The van der Waals surface area contributed by atoms with Crippen LogP contribution in [0.4, 0.5) is 59.7 Å². The van der Waals surface area contributed by atoms with E-state index in [-0.39, 0.29) is 11.3 Å². The number of benzene rings is 5. The van der Waals surface area contributed by atoms with Crippen molar-refractivity contribution in [3.05, 3.63) is 162 Å². The minimum Gasteiger partial charge on any atom is -0.238 e. The molecule has 0 spiro atoms. The zero-order valence-electron chi connectivity index (χ0n) is 28.0. The Morgan fingerprint density at radius 1 is 0.526 bits per heavy atom. The molecule has 0 amide bonds. The van der Waals surface area contributed by atoms with Gasteiger partial charge in [0.2, 0.25) is 0 Å². The van der Waals surface area contributed by atoms with E-state index in [0.29, 0.717) is 12.1 Å². The number of nitriles is 4. The lowest BCUT2D eigenvalue weighted by atomic mass is 9.87. The highest BCUT2D eigenvalue weighted by molar-refractivity contribution is 5.85. The first-order chi connectivity index (χ1) is 26.9. The van der Waals surface area contributed by atoms with Crippen LogP contribution < -0.4 is 10.4 Å². The van der Waals surface area contributed by atoms with Crippen molar-refractivity contribution in [3.63, 3.8) is 0 Å². The Morgan fingerprint density at radius 2 is 0.965 bits per heavy atom. The van der Waals surface area contributed by atoms with Gasteiger partial charge in [0.1, 0.15) is 11.6 Å². The summed E-state index contributed by atoms with van der Waals surface area (Å²) >= 11 is 0. The molecule has 5 aromatic carbocycles. The average molecular weight is 785 g/mol. The van der Waals surface area contributed by atoms with Crippen molar-refractivity contribution in [1.82, 2.24) is 0 Å². The molecule has 0 N–H and O–H groups in total. The number of hydrogen-bond donors (Lipinski definition) is 0. The van der Waals surface area contributed by atoms with Gasteiger partial charge in [-0.1, -0.05) is 0 Å². The first-order valence-corrected chi connectivity index (χ1v) is 15.2. The van der Waals surface area contributed by atoms with E-state index in [1.807, 2.05) is 0 Å². The average Bonchev–Trinajstić information content (AvgIpc) is 3.19. The SMILES string of the molecule is [C-]#[N+]c1cc(C#N)cc(-c2c/c(=C(\c3c(F)c(F)c([N+]#[C-])c(F)c3F)C(F)(F)F)c(-c3cc(C#N)cc(C#N)c3)c/c2=C(/C)c2c(F)c(F)c(C#N)c(F)c2F)c1. The van der Waals surface area contributed by atoms with E-state index in [1.54, 1.807) is 18.2 Å². The molecule has 5 aromatic rings. The second-order valence-electron chi connectivity index (χ2n) is 11.7. The van der Waals surface area contributed by atoms with Crippen LogP contribution in [-0.4, -0.2) is 6.18 Å². The summed E-state index contributed by atoms with van der Waals surface area (Å²) in [4.78, 5) is 5.46. The molecule has 0 atom stereocenters. The first-order valence-electron chi connectivity index (χ1n) is 15.2. The number of halogens is 11. The van der Waals surface area contributed by atoms with Crippen molar-refractivity contribution < 1.29 is 48.3 Å². The fraction of sp³-hybridized carbons (Fsp3) is 0.0500. The van der Waals surface area contributed by atoms with Crippen molar-refractivity contribution >= 4 is 22.5 Å². The minimum absolute atomic E-state index is 0.350. The third-order valence-electron chi connectivity index (χ3n) is 8.46. The van der Waals surface area contributed by atoms with E-state index in [2.05, 4.69) is 9.69 Å². The first kappa shape index (κ1) is 40.2. The molecule has 0 bridgehead atoms. The number of hydrogen-bond acceptors (Lipinski definition) is 4. The van der Waals surface area contributed by atoms with Gasteiger partial charge >= 0.3 is 6.18 Å². The van der Waals surface area contributed by atoms with Crippen molar-refractivity contribution in [2.24, 2.45) is 0 Å². The van der Waals surface area contributed by atoms with Crippen LogP contribution >= 0.6 is 0 Å². The van der Waals surface area contributed by atoms with E-state index in [1.165, 1.54) is 0 Å². The molecule has 0 fully saturated rings. The monoisotopic (exact) mass is 784 g/mol. The van der Waals surface area contributed by atoms with Gasteiger partial charge in [0.05, 0.1) is 59.2 Å². The maximum atomic E-state index is 15.6. The van der Waals surface area contributed by atoms with Crippen LogP contribution in [-0.2, 0) is 0 Å².